The van der Waals surface area contributed by atoms with Gasteiger partial charge in [0, 0.05) is 6.04 Å². The number of hydrogen-bond acceptors (Lipinski definition) is 2. The lowest BCUT2D eigenvalue weighted by atomic mass is 9.93. The molecule has 1 aliphatic carbocycles. The zero-order valence-electron chi connectivity index (χ0n) is 8.59. The molecule has 1 aliphatic rings. The van der Waals surface area contributed by atoms with Gasteiger partial charge in [0.05, 0.1) is 5.56 Å². The minimum Gasteiger partial charge on any atom is -0.466 e. The van der Waals surface area contributed by atoms with Gasteiger partial charge in [-0.3, -0.25) is 4.79 Å². The summed E-state index contributed by atoms with van der Waals surface area (Å²) in [7, 11) is 0. The van der Waals surface area contributed by atoms with Crippen LogP contribution < -0.4 is 5.32 Å². The third-order valence-corrected chi connectivity index (χ3v) is 2.73. The van der Waals surface area contributed by atoms with Crippen LogP contribution in [0.2, 0.25) is 0 Å². The third-order valence-electron chi connectivity index (χ3n) is 2.73. The van der Waals surface area contributed by atoms with Crippen LogP contribution in [-0.4, -0.2) is 11.9 Å². The first-order valence-corrected chi connectivity index (χ1v) is 5.04. The number of carbonyl (C=O) groups excluding carboxylic acids is 1. The van der Waals surface area contributed by atoms with Crippen molar-refractivity contribution >= 4 is 5.91 Å². The molecule has 1 heterocycles. The normalized spacial score (nSPS) is 16.4. The summed E-state index contributed by atoms with van der Waals surface area (Å²) >= 11 is 0. The highest BCUT2D eigenvalue weighted by Gasteiger charge is 2.21. The summed E-state index contributed by atoms with van der Waals surface area (Å²) in [5.41, 5.74) is 0.675. The van der Waals surface area contributed by atoms with E-state index in [-0.39, 0.29) is 5.91 Å². The van der Waals surface area contributed by atoms with Crippen LogP contribution >= 0.6 is 0 Å². The summed E-state index contributed by atoms with van der Waals surface area (Å²) in [5, 5.41) is 2.99. The molecule has 1 amide bonds. The van der Waals surface area contributed by atoms with Gasteiger partial charge in [0.25, 0.3) is 5.91 Å². The molecule has 2 rings (SSSR count). The Bertz CT molecular complexity index is 350. The highest BCUT2D eigenvalue weighted by atomic mass is 16.3. The smallest absolute Gasteiger partial charge is 0.255 e. The molecular formula is C11H15NO2. The first-order valence-electron chi connectivity index (χ1n) is 5.04. The Hall–Kier alpha value is -1.25. The summed E-state index contributed by atoms with van der Waals surface area (Å²) in [6, 6.07) is 2.18. The molecule has 1 N–H and O–H groups in total. The molecule has 14 heavy (non-hydrogen) atoms. The lowest BCUT2D eigenvalue weighted by molar-refractivity contribution is 0.0915. The average molecular weight is 193 g/mol. The summed E-state index contributed by atoms with van der Waals surface area (Å²) in [6.07, 6.45) is 3.46. The molecule has 76 valence electrons. The van der Waals surface area contributed by atoms with Gasteiger partial charge in [0.1, 0.15) is 11.5 Å². The van der Waals surface area contributed by atoms with Gasteiger partial charge >= 0.3 is 0 Å². The number of furan rings is 1. The second-order valence-electron chi connectivity index (χ2n) is 3.93. The molecule has 0 atom stereocenters. The van der Waals surface area contributed by atoms with E-state index in [1.165, 1.54) is 6.42 Å². The van der Waals surface area contributed by atoms with Gasteiger partial charge in [0.2, 0.25) is 0 Å². The zero-order valence-corrected chi connectivity index (χ0v) is 8.59. The monoisotopic (exact) mass is 193 g/mol. The molecule has 0 spiro atoms. The van der Waals surface area contributed by atoms with Crippen LogP contribution in [0.15, 0.2) is 10.5 Å². The Labute approximate surface area is 83.5 Å². The van der Waals surface area contributed by atoms with Gasteiger partial charge in [-0.2, -0.15) is 0 Å². The van der Waals surface area contributed by atoms with Crippen molar-refractivity contribution in [2.45, 2.75) is 39.2 Å². The Morgan fingerprint density at radius 3 is 2.64 bits per heavy atom. The lowest BCUT2D eigenvalue weighted by Crippen LogP contribution is -2.39. The largest absolute Gasteiger partial charge is 0.466 e. The van der Waals surface area contributed by atoms with Crippen molar-refractivity contribution in [3.63, 3.8) is 0 Å². The number of rotatable bonds is 2. The predicted octanol–water partition coefficient (Wildman–Crippen LogP) is 2.18. The van der Waals surface area contributed by atoms with Crippen molar-refractivity contribution < 1.29 is 9.21 Å². The molecule has 1 aromatic heterocycles. The van der Waals surface area contributed by atoms with Crippen LogP contribution in [0.1, 0.15) is 41.1 Å². The number of aryl methyl sites for hydroxylation is 2. The van der Waals surface area contributed by atoms with Crippen LogP contribution in [0.5, 0.6) is 0 Å². The Kier molecular flexibility index (Phi) is 2.32. The van der Waals surface area contributed by atoms with Gasteiger partial charge in [-0.05, 0) is 39.2 Å². The lowest BCUT2D eigenvalue weighted by Gasteiger charge is -2.26. The molecule has 0 saturated heterocycles. The number of nitrogens with one attached hydrogen (secondary N) is 1. The molecule has 0 bridgehead atoms. The van der Waals surface area contributed by atoms with E-state index in [4.69, 9.17) is 4.42 Å². The fourth-order valence-corrected chi connectivity index (χ4v) is 1.67. The van der Waals surface area contributed by atoms with Gasteiger partial charge in [-0.15, -0.1) is 0 Å². The summed E-state index contributed by atoms with van der Waals surface area (Å²) in [4.78, 5) is 11.7. The van der Waals surface area contributed by atoms with Crippen molar-refractivity contribution in [2.75, 3.05) is 0 Å². The van der Waals surface area contributed by atoms with Gasteiger partial charge in [0.15, 0.2) is 0 Å². The first kappa shape index (κ1) is 9.31. The topological polar surface area (TPSA) is 42.2 Å². The Morgan fingerprint density at radius 2 is 2.21 bits per heavy atom. The SMILES string of the molecule is Cc1cc(C(=O)NC2CCC2)c(C)o1. The summed E-state index contributed by atoms with van der Waals surface area (Å²) in [5.74, 6) is 1.50. The predicted molar refractivity (Wildman–Crippen MR) is 53.3 cm³/mol. The minimum absolute atomic E-state index is 0.00375. The van der Waals surface area contributed by atoms with Crippen LogP contribution in [0.3, 0.4) is 0 Å². The molecule has 3 nitrogen and oxygen atoms in total. The van der Waals surface area contributed by atoms with Crippen LogP contribution in [0.4, 0.5) is 0 Å². The average Bonchev–Trinajstić information content (AvgIpc) is 2.37. The zero-order chi connectivity index (χ0) is 10.1. The van der Waals surface area contributed by atoms with E-state index in [1.54, 1.807) is 6.07 Å². The molecule has 1 aromatic rings. The Morgan fingerprint density at radius 1 is 1.50 bits per heavy atom. The summed E-state index contributed by atoms with van der Waals surface area (Å²) in [6.45, 7) is 3.68. The molecule has 1 saturated carbocycles. The standard InChI is InChI=1S/C11H15NO2/c1-7-6-10(8(2)14-7)11(13)12-9-4-3-5-9/h6,9H,3-5H2,1-2H3,(H,12,13). The van der Waals surface area contributed by atoms with Crippen molar-refractivity contribution in [1.29, 1.82) is 0 Å². The fraction of sp³-hybridized carbons (Fsp3) is 0.545. The summed E-state index contributed by atoms with van der Waals surface area (Å²) < 4.78 is 5.31. The molecule has 0 radical (unpaired) electrons. The fourth-order valence-electron chi connectivity index (χ4n) is 1.67. The second kappa shape index (κ2) is 3.48. The number of carbonyl (C=O) groups is 1. The van der Waals surface area contributed by atoms with E-state index in [9.17, 15) is 4.79 Å². The Balaban J connectivity index is 2.06. The number of hydrogen-bond donors (Lipinski definition) is 1. The van der Waals surface area contributed by atoms with E-state index in [0.29, 0.717) is 17.4 Å². The molecular weight excluding hydrogens is 178 g/mol. The maximum absolute atomic E-state index is 11.7. The van der Waals surface area contributed by atoms with Crippen LogP contribution in [-0.2, 0) is 0 Å². The molecule has 0 aliphatic heterocycles. The van der Waals surface area contributed by atoms with E-state index in [2.05, 4.69) is 5.32 Å². The van der Waals surface area contributed by atoms with Crippen molar-refractivity contribution in [3.05, 3.63) is 23.2 Å². The maximum atomic E-state index is 11.7. The van der Waals surface area contributed by atoms with Crippen molar-refractivity contribution in [2.24, 2.45) is 0 Å². The van der Waals surface area contributed by atoms with Gasteiger partial charge in [-0.1, -0.05) is 0 Å². The quantitative estimate of drug-likeness (QED) is 0.782. The second-order valence-corrected chi connectivity index (χ2v) is 3.93. The van der Waals surface area contributed by atoms with E-state index >= 15 is 0 Å². The van der Waals surface area contributed by atoms with Crippen LogP contribution in [0.25, 0.3) is 0 Å². The molecule has 3 heteroatoms. The van der Waals surface area contributed by atoms with Gasteiger partial charge in [-0.25, -0.2) is 0 Å². The van der Waals surface area contributed by atoms with Crippen molar-refractivity contribution in [3.8, 4) is 0 Å². The molecule has 0 aromatic carbocycles. The van der Waals surface area contributed by atoms with E-state index in [0.717, 1.165) is 18.6 Å². The van der Waals surface area contributed by atoms with Crippen LogP contribution in [0, 0.1) is 13.8 Å². The highest BCUT2D eigenvalue weighted by Crippen LogP contribution is 2.20. The molecule has 1 fully saturated rings. The van der Waals surface area contributed by atoms with E-state index in [1.807, 2.05) is 13.8 Å². The molecule has 0 unspecified atom stereocenters. The first-order chi connectivity index (χ1) is 6.66. The number of amides is 1. The third kappa shape index (κ3) is 1.67. The minimum atomic E-state index is 0.00375. The van der Waals surface area contributed by atoms with E-state index < -0.39 is 0 Å². The highest BCUT2D eigenvalue weighted by molar-refractivity contribution is 5.95. The van der Waals surface area contributed by atoms with Crippen molar-refractivity contribution in [1.82, 2.24) is 5.32 Å². The maximum Gasteiger partial charge on any atom is 0.255 e. The van der Waals surface area contributed by atoms with Gasteiger partial charge < -0.3 is 9.73 Å².